The molecule has 1 aromatic carbocycles. The molecule has 0 aromatic heterocycles. The van der Waals surface area contributed by atoms with Crippen LogP contribution in [0, 0.1) is 0 Å². The van der Waals surface area contributed by atoms with E-state index in [2.05, 4.69) is 31.9 Å². The van der Waals surface area contributed by atoms with Crippen molar-refractivity contribution in [3.05, 3.63) is 50.1 Å². The molecule has 0 unspecified atom stereocenters. The van der Waals surface area contributed by atoms with Gasteiger partial charge in [-0.1, -0.05) is 18.2 Å². The normalized spacial score (nSPS) is 10.1. The van der Waals surface area contributed by atoms with Crippen molar-refractivity contribution in [2.24, 2.45) is 0 Å². The van der Waals surface area contributed by atoms with E-state index in [0.29, 0.717) is 0 Å². The Balaban J connectivity index is 3.01. The summed E-state index contributed by atoms with van der Waals surface area (Å²) in [5.74, 6) is 2.64. The fraction of sp³-hybridized carbons (Fsp3) is 0.200. The lowest BCUT2D eigenvalue weighted by Crippen LogP contribution is -1.94. The van der Waals surface area contributed by atoms with Gasteiger partial charge in [-0.3, -0.25) is 0 Å². The van der Waals surface area contributed by atoms with Crippen molar-refractivity contribution in [3.63, 3.8) is 0 Å². The molecule has 0 saturated heterocycles. The number of anilines is 1. The number of hydrogen-bond donors (Lipinski definition) is 1. The van der Waals surface area contributed by atoms with Crippen LogP contribution in [0.2, 0.25) is 0 Å². The van der Waals surface area contributed by atoms with Gasteiger partial charge in [-0.05, 0) is 12.1 Å². The molecule has 0 fully saturated rings. The van der Waals surface area contributed by atoms with E-state index in [1.165, 1.54) is 4.90 Å². The predicted molar refractivity (Wildman–Crippen MR) is 93.6 cm³/mol. The lowest BCUT2D eigenvalue weighted by atomic mass is 10.3. The van der Waals surface area contributed by atoms with Crippen molar-refractivity contribution in [2.45, 2.75) is 14.7 Å². The Labute approximate surface area is 128 Å². The molecule has 1 rings (SSSR count). The van der Waals surface area contributed by atoms with E-state index in [9.17, 15) is 0 Å². The summed E-state index contributed by atoms with van der Waals surface area (Å²) in [5.41, 5.74) is 7.09. The molecule has 0 aliphatic rings. The average molecular weight is 310 g/mol. The number of nitrogens with two attached hydrogens (primary N) is 1. The first kappa shape index (κ1) is 16.3. The summed E-state index contributed by atoms with van der Waals surface area (Å²) < 4.78 is 0. The van der Waals surface area contributed by atoms with Gasteiger partial charge in [0.1, 0.15) is 0 Å². The summed E-state index contributed by atoms with van der Waals surface area (Å²) in [6.07, 6.45) is 5.70. The number of thioether (sulfide) groups is 3. The molecule has 0 bridgehead atoms. The molecule has 0 amide bonds. The summed E-state index contributed by atoms with van der Waals surface area (Å²) in [6, 6.07) is 4.30. The molecule has 0 heterocycles. The molecule has 0 saturated carbocycles. The number of hydrogen-bond acceptors (Lipinski definition) is 4. The van der Waals surface area contributed by atoms with Gasteiger partial charge < -0.3 is 5.73 Å². The maximum atomic E-state index is 6.22. The number of nitrogen functional groups attached to an aromatic ring is 1. The van der Waals surface area contributed by atoms with Crippen LogP contribution in [0.5, 0.6) is 0 Å². The highest BCUT2D eigenvalue weighted by molar-refractivity contribution is 8.01. The Morgan fingerprint density at radius 3 is 1.68 bits per heavy atom. The first-order chi connectivity index (χ1) is 9.22. The SMILES string of the molecule is C=CCSc1cc(SCC=C)c(N)c(SCC=C)c1. The van der Waals surface area contributed by atoms with Gasteiger partial charge in [0.25, 0.3) is 0 Å². The minimum Gasteiger partial charge on any atom is -0.397 e. The van der Waals surface area contributed by atoms with E-state index < -0.39 is 0 Å². The molecule has 0 atom stereocenters. The fourth-order valence-electron chi connectivity index (χ4n) is 1.35. The van der Waals surface area contributed by atoms with E-state index in [-0.39, 0.29) is 0 Å². The first-order valence-corrected chi connectivity index (χ1v) is 8.83. The van der Waals surface area contributed by atoms with Crippen LogP contribution < -0.4 is 5.73 Å². The first-order valence-electron chi connectivity index (χ1n) is 5.87. The molecule has 1 aromatic rings. The molecule has 4 heteroatoms. The minimum atomic E-state index is 0.863. The Morgan fingerprint density at radius 2 is 1.26 bits per heavy atom. The fourth-order valence-corrected chi connectivity index (χ4v) is 3.82. The number of benzene rings is 1. The zero-order chi connectivity index (χ0) is 14.1. The van der Waals surface area contributed by atoms with Crippen molar-refractivity contribution in [2.75, 3.05) is 23.0 Å². The Morgan fingerprint density at radius 1 is 0.842 bits per heavy atom. The molecule has 0 aliphatic heterocycles. The summed E-state index contributed by atoms with van der Waals surface area (Å²) in [6.45, 7) is 11.3. The van der Waals surface area contributed by atoms with E-state index >= 15 is 0 Å². The van der Waals surface area contributed by atoms with Crippen LogP contribution >= 0.6 is 35.3 Å². The zero-order valence-corrected chi connectivity index (χ0v) is 13.4. The number of rotatable bonds is 9. The lowest BCUT2D eigenvalue weighted by Gasteiger charge is -2.12. The van der Waals surface area contributed by atoms with Gasteiger partial charge in [-0.15, -0.1) is 55.0 Å². The van der Waals surface area contributed by atoms with E-state index in [1.807, 2.05) is 18.2 Å². The van der Waals surface area contributed by atoms with Crippen LogP contribution in [0.4, 0.5) is 5.69 Å². The standard InChI is InChI=1S/C15H19NS3/c1-4-7-17-12-10-13(18-8-5-2)15(16)14(11-12)19-9-6-3/h4-6,10-11H,1-3,7-9,16H2. The van der Waals surface area contributed by atoms with Crippen LogP contribution in [-0.2, 0) is 0 Å². The van der Waals surface area contributed by atoms with Gasteiger partial charge in [0, 0.05) is 31.9 Å². The van der Waals surface area contributed by atoms with Crippen molar-refractivity contribution < 1.29 is 0 Å². The third kappa shape index (κ3) is 5.43. The van der Waals surface area contributed by atoms with Gasteiger partial charge in [-0.2, -0.15) is 0 Å². The van der Waals surface area contributed by atoms with Gasteiger partial charge >= 0.3 is 0 Å². The van der Waals surface area contributed by atoms with E-state index in [0.717, 1.165) is 32.7 Å². The Hall–Kier alpha value is -0.710. The lowest BCUT2D eigenvalue weighted by molar-refractivity contribution is 1.24. The van der Waals surface area contributed by atoms with Crippen molar-refractivity contribution in [1.82, 2.24) is 0 Å². The van der Waals surface area contributed by atoms with Crippen LogP contribution in [0.1, 0.15) is 0 Å². The molecular formula is C15H19NS3. The second kappa shape index (κ2) is 9.23. The van der Waals surface area contributed by atoms with Crippen LogP contribution in [0.15, 0.2) is 64.8 Å². The highest BCUT2D eigenvalue weighted by Gasteiger charge is 2.09. The Bertz CT molecular complexity index is 422. The highest BCUT2D eigenvalue weighted by atomic mass is 32.2. The summed E-state index contributed by atoms with van der Waals surface area (Å²) >= 11 is 5.21. The third-order valence-corrected chi connectivity index (χ3v) is 5.23. The summed E-state index contributed by atoms with van der Waals surface area (Å²) in [5, 5.41) is 0. The van der Waals surface area contributed by atoms with E-state index in [4.69, 9.17) is 5.73 Å². The molecule has 19 heavy (non-hydrogen) atoms. The molecular weight excluding hydrogens is 290 g/mol. The molecule has 0 spiro atoms. The summed E-state index contributed by atoms with van der Waals surface area (Å²) in [7, 11) is 0. The molecule has 1 nitrogen and oxygen atoms in total. The van der Waals surface area contributed by atoms with Crippen LogP contribution in [0.3, 0.4) is 0 Å². The maximum absolute atomic E-state index is 6.22. The van der Waals surface area contributed by atoms with Crippen molar-refractivity contribution in [3.8, 4) is 0 Å². The van der Waals surface area contributed by atoms with Crippen molar-refractivity contribution in [1.29, 1.82) is 0 Å². The van der Waals surface area contributed by atoms with Gasteiger partial charge in [0.2, 0.25) is 0 Å². The molecule has 2 N–H and O–H groups in total. The predicted octanol–water partition coefficient (Wildman–Crippen LogP) is 5.10. The summed E-state index contributed by atoms with van der Waals surface area (Å²) in [4.78, 5) is 3.48. The second-order valence-electron chi connectivity index (χ2n) is 3.63. The van der Waals surface area contributed by atoms with E-state index in [1.54, 1.807) is 35.3 Å². The van der Waals surface area contributed by atoms with Gasteiger partial charge in [0.05, 0.1) is 5.69 Å². The maximum Gasteiger partial charge on any atom is 0.0591 e. The zero-order valence-electron chi connectivity index (χ0n) is 10.9. The topological polar surface area (TPSA) is 26.0 Å². The quantitative estimate of drug-likeness (QED) is 0.390. The smallest absolute Gasteiger partial charge is 0.0591 e. The average Bonchev–Trinajstić information content (AvgIpc) is 2.43. The molecule has 102 valence electrons. The third-order valence-electron chi connectivity index (χ3n) is 2.16. The Kier molecular flexibility index (Phi) is 7.94. The van der Waals surface area contributed by atoms with Gasteiger partial charge in [0.15, 0.2) is 0 Å². The molecule has 0 aliphatic carbocycles. The monoisotopic (exact) mass is 309 g/mol. The molecule has 0 radical (unpaired) electrons. The van der Waals surface area contributed by atoms with Gasteiger partial charge in [-0.25, -0.2) is 0 Å². The van der Waals surface area contributed by atoms with Crippen molar-refractivity contribution >= 4 is 41.0 Å². The minimum absolute atomic E-state index is 0.863. The second-order valence-corrected chi connectivity index (χ2v) is 6.85. The highest BCUT2D eigenvalue weighted by Crippen LogP contribution is 2.38. The largest absolute Gasteiger partial charge is 0.397 e. The van der Waals surface area contributed by atoms with Crippen LogP contribution in [-0.4, -0.2) is 17.3 Å². The van der Waals surface area contributed by atoms with Crippen LogP contribution in [0.25, 0.3) is 0 Å².